The van der Waals surface area contributed by atoms with Gasteiger partial charge < -0.3 is 0 Å². The van der Waals surface area contributed by atoms with Gasteiger partial charge in [-0.15, -0.1) is 0 Å². The van der Waals surface area contributed by atoms with Crippen LogP contribution in [0.15, 0.2) is 60.7 Å². The Hall–Kier alpha value is -1.27. The Balaban J connectivity index is 0.00000196. The molecule has 1 radical (unpaired) electrons. The van der Waals surface area contributed by atoms with Crippen LogP contribution in [0.25, 0.3) is 11.1 Å². The van der Waals surface area contributed by atoms with Crippen LogP contribution in [0, 0.1) is 11.5 Å². The summed E-state index contributed by atoms with van der Waals surface area (Å²) in [5.41, 5.74) is 11.1. The normalized spacial score (nSPS) is 18.9. The van der Waals surface area contributed by atoms with E-state index in [9.17, 15) is 0 Å². The predicted octanol–water partition coefficient (Wildman–Crippen LogP) is 6.00. The zero-order valence-corrected chi connectivity index (χ0v) is 16.9. The number of allylic oxidation sites excluding steroid dienone is 4. The molecule has 0 heterocycles. The van der Waals surface area contributed by atoms with Crippen LogP contribution in [-0.2, 0) is 0 Å². The number of hydrogen-bond donors (Lipinski definition) is 0. The summed E-state index contributed by atoms with van der Waals surface area (Å²) in [7, 11) is -1.71. The summed E-state index contributed by atoms with van der Waals surface area (Å²) in [5, 5.41) is 0. The van der Waals surface area contributed by atoms with Gasteiger partial charge in [0.15, 0.2) is 0 Å². The molecule has 129 valence electrons. The van der Waals surface area contributed by atoms with Crippen LogP contribution in [0.5, 0.6) is 0 Å². The Morgan fingerprint density at radius 1 is 0.846 bits per heavy atom. The first-order valence-corrected chi connectivity index (χ1v) is 12.5. The van der Waals surface area contributed by atoms with Crippen molar-refractivity contribution in [2.45, 2.75) is 39.4 Å². The molecule has 0 spiro atoms. The SMILES string of the molecule is CC1=CC([Si](C)(C)[C]2C=C(C(C)C)c3ccccc32)c2ccccc21.[LiH]. The zero-order valence-electron chi connectivity index (χ0n) is 15.9. The van der Waals surface area contributed by atoms with Gasteiger partial charge in [0.05, 0.1) is 8.07 Å². The average molecular weight is 352 g/mol. The number of rotatable bonds is 3. The Bertz CT molecular complexity index is 889. The molecule has 2 aliphatic carbocycles. The third kappa shape index (κ3) is 2.91. The molecular weight excluding hydrogens is 323 g/mol. The van der Waals surface area contributed by atoms with E-state index in [1.807, 2.05) is 0 Å². The van der Waals surface area contributed by atoms with E-state index in [2.05, 4.69) is 94.5 Å². The summed E-state index contributed by atoms with van der Waals surface area (Å²) in [4.78, 5) is 0. The van der Waals surface area contributed by atoms with Crippen molar-refractivity contribution in [3.05, 3.63) is 88.5 Å². The van der Waals surface area contributed by atoms with E-state index in [4.69, 9.17) is 0 Å². The van der Waals surface area contributed by atoms with Crippen LogP contribution < -0.4 is 0 Å². The van der Waals surface area contributed by atoms with Gasteiger partial charge in [-0.3, -0.25) is 0 Å². The first-order chi connectivity index (χ1) is 11.9. The van der Waals surface area contributed by atoms with Crippen LogP contribution >= 0.6 is 0 Å². The van der Waals surface area contributed by atoms with E-state index in [1.54, 1.807) is 5.54 Å². The molecule has 2 aromatic carbocycles. The molecule has 0 N–H and O–H groups in total. The molecule has 0 fully saturated rings. The van der Waals surface area contributed by atoms with Crippen molar-refractivity contribution >= 4 is 38.1 Å². The molecule has 0 aromatic heterocycles. The van der Waals surface area contributed by atoms with Crippen molar-refractivity contribution < 1.29 is 0 Å². The molecule has 2 heteroatoms. The fraction of sp³-hybridized carbons (Fsp3) is 0.292. The van der Waals surface area contributed by atoms with E-state index in [1.165, 1.54) is 33.4 Å². The van der Waals surface area contributed by atoms with E-state index in [-0.39, 0.29) is 18.9 Å². The second-order valence-electron chi connectivity index (χ2n) is 8.35. The van der Waals surface area contributed by atoms with Gasteiger partial charge in [0.25, 0.3) is 0 Å². The maximum absolute atomic E-state index is 2.55. The van der Waals surface area contributed by atoms with Gasteiger partial charge >= 0.3 is 18.9 Å². The van der Waals surface area contributed by atoms with Crippen LogP contribution in [0.2, 0.25) is 13.1 Å². The van der Waals surface area contributed by atoms with Crippen molar-refractivity contribution in [2.24, 2.45) is 5.92 Å². The molecule has 1 atom stereocenters. The Morgan fingerprint density at radius 2 is 1.42 bits per heavy atom. The third-order valence-corrected chi connectivity index (χ3v) is 9.89. The molecule has 0 saturated heterocycles. The summed E-state index contributed by atoms with van der Waals surface area (Å²) >= 11 is 0. The summed E-state index contributed by atoms with van der Waals surface area (Å²) in [6.07, 6.45) is 5.07. The molecule has 2 aliphatic rings. The fourth-order valence-corrected chi connectivity index (χ4v) is 8.08. The number of fused-ring (bicyclic) bond motifs is 2. The first kappa shape index (κ1) is 19.5. The van der Waals surface area contributed by atoms with Gasteiger partial charge in [-0.2, -0.15) is 0 Å². The van der Waals surface area contributed by atoms with Gasteiger partial charge in [0.2, 0.25) is 0 Å². The zero-order chi connectivity index (χ0) is 17.8. The molecule has 0 saturated carbocycles. The standard InChI is InChI=1S/C24H27Si.Li.H/c1-16(2)22-15-24(21-13-9-7-11-19(21)22)25(4,5)23-14-17(3)18-10-6-8-12-20(18)23;;/h6-16,23H,1-5H3;;. The molecule has 0 aliphatic heterocycles. The van der Waals surface area contributed by atoms with Crippen LogP contribution in [0.1, 0.15) is 48.6 Å². The molecular formula is C24H28LiSi. The average Bonchev–Trinajstić information content (AvgIpc) is 3.15. The Morgan fingerprint density at radius 3 is 2.08 bits per heavy atom. The van der Waals surface area contributed by atoms with Crippen LogP contribution in [0.3, 0.4) is 0 Å². The Labute approximate surface area is 171 Å². The second kappa shape index (κ2) is 7.04. The van der Waals surface area contributed by atoms with Crippen LogP contribution in [-0.4, -0.2) is 26.9 Å². The summed E-state index contributed by atoms with van der Waals surface area (Å²) in [5.74, 6) is 0.566. The van der Waals surface area contributed by atoms with Gasteiger partial charge in [0.1, 0.15) is 0 Å². The molecule has 0 amide bonds. The second-order valence-corrected chi connectivity index (χ2v) is 13.0. The van der Waals surface area contributed by atoms with Gasteiger partial charge in [-0.05, 0) is 51.8 Å². The molecule has 2 aromatic rings. The van der Waals surface area contributed by atoms with E-state index in [0.29, 0.717) is 11.5 Å². The number of benzene rings is 2. The maximum atomic E-state index is 2.55. The Kier molecular flexibility index (Phi) is 5.28. The predicted molar refractivity (Wildman–Crippen MR) is 119 cm³/mol. The minimum absolute atomic E-state index is 0. The van der Waals surface area contributed by atoms with Crippen molar-refractivity contribution in [2.75, 3.05) is 0 Å². The monoisotopic (exact) mass is 351 g/mol. The minimum atomic E-state index is -1.71. The van der Waals surface area contributed by atoms with Crippen molar-refractivity contribution in [3.8, 4) is 0 Å². The molecule has 0 bridgehead atoms. The summed E-state index contributed by atoms with van der Waals surface area (Å²) < 4.78 is 0. The van der Waals surface area contributed by atoms with Crippen molar-refractivity contribution in [3.63, 3.8) is 0 Å². The van der Waals surface area contributed by atoms with Crippen molar-refractivity contribution in [1.82, 2.24) is 0 Å². The summed E-state index contributed by atoms with van der Waals surface area (Å²) in [6.45, 7) is 12.0. The van der Waals surface area contributed by atoms with E-state index >= 15 is 0 Å². The van der Waals surface area contributed by atoms with E-state index in [0.717, 1.165) is 0 Å². The quantitative estimate of drug-likeness (QED) is 0.595. The van der Waals surface area contributed by atoms with Gasteiger partial charge in [-0.1, -0.05) is 87.6 Å². The first-order valence-electron chi connectivity index (χ1n) is 9.37. The fourth-order valence-electron chi connectivity index (χ4n) is 4.61. The van der Waals surface area contributed by atoms with E-state index < -0.39 is 8.07 Å². The molecule has 26 heavy (non-hydrogen) atoms. The molecule has 4 rings (SSSR count). The third-order valence-electron chi connectivity index (χ3n) is 6.06. The van der Waals surface area contributed by atoms with Crippen LogP contribution in [0.4, 0.5) is 0 Å². The van der Waals surface area contributed by atoms with Crippen molar-refractivity contribution in [1.29, 1.82) is 0 Å². The molecule has 0 nitrogen and oxygen atoms in total. The number of hydrogen-bond acceptors (Lipinski definition) is 0. The topological polar surface area (TPSA) is 0 Å². The van der Waals surface area contributed by atoms with Gasteiger partial charge in [-0.25, -0.2) is 0 Å². The molecule has 1 unspecified atom stereocenters. The van der Waals surface area contributed by atoms with Gasteiger partial charge in [0, 0.05) is 5.54 Å². The summed E-state index contributed by atoms with van der Waals surface area (Å²) in [6, 6.07) is 18.0.